The van der Waals surface area contributed by atoms with Crippen LogP contribution < -0.4 is 25.9 Å². The molecule has 4 heterocycles. The third-order valence-electron chi connectivity index (χ3n) is 9.33. The normalized spacial score (nSPS) is 11.7. The van der Waals surface area contributed by atoms with Crippen LogP contribution in [0.5, 0.6) is 23.0 Å². The van der Waals surface area contributed by atoms with Crippen LogP contribution in [0.15, 0.2) is 128 Å². The van der Waals surface area contributed by atoms with Crippen molar-refractivity contribution in [3.05, 3.63) is 162 Å². The maximum absolute atomic E-state index is 6.44. The van der Waals surface area contributed by atoms with E-state index in [1.807, 2.05) is 54.9 Å². The molecule has 0 unspecified atom stereocenters. The molecule has 0 fully saturated rings. The van der Waals surface area contributed by atoms with Crippen LogP contribution in [-0.4, -0.2) is 16.7 Å². The Morgan fingerprint density at radius 1 is 0.580 bits per heavy atom. The van der Waals surface area contributed by atoms with Crippen LogP contribution in [-0.2, 0) is 20.1 Å². The zero-order chi connectivity index (χ0) is 33.5. The predicted octanol–water partition coefficient (Wildman–Crippen LogP) is 8.72. The summed E-state index contributed by atoms with van der Waals surface area (Å²) in [5.41, 5.74) is 14.3. The summed E-state index contributed by atoms with van der Waals surface area (Å²) < 4.78 is 12.7. The molecular weight excluding hydrogens is 792 g/mol. The largest absolute Gasteiger partial charge is 0.503 e. The van der Waals surface area contributed by atoms with E-state index < -0.39 is 0 Å². The zero-order valence-electron chi connectivity index (χ0n) is 28.2. The number of hydrogen-bond acceptors (Lipinski definition) is 4. The quantitative estimate of drug-likeness (QED) is 0.132. The predicted molar refractivity (Wildman–Crippen MR) is 199 cm³/mol. The molecule has 7 aromatic rings. The molecular formula is C44H33BIrN2O2-2. The van der Waals surface area contributed by atoms with Gasteiger partial charge in [-0.15, -0.1) is 47.5 Å². The van der Waals surface area contributed by atoms with E-state index in [-0.39, 0.29) is 26.8 Å². The van der Waals surface area contributed by atoms with Gasteiger partial charge in [-0.3, -0.25) is 0 Å². The van der Waals surface area contributed by atoms with Gasteiger partial charge >= 0.3 is 0 Å². The molecule has 50 heavy (non-hydrogen) atoms. The summed E-state index contributed by atoms with van der Waals surface area (Å²) in [5.74, 6) is 3.35. The zero-order valence-corrected chi connectivity index (χ0v) is 30.6. The molecule has 0 atom stereocenters. The molecule has 1 radical (unpaired) electrons. The summed E-state index contributed by atoms with van der Waals surface area (Å²) in [6.45, 7) is 8.40. The van der Waals surface area contributed by atoms with E-state index >= 15 is 0 Å². The van der Waals surface area contributed by atoms with Crippen molar-refractivity contribution in [1.29, 1.82) is 0 Å². The van der Waals surface area contributed by atoms with Crippen LogP contribution in [0.1, 0.15) is 22.3 Å². The van der Waals surface area contributed by atoms with Crippen molar-refractivity contribution in [2.45, 2.75) is 27.7 Å². The summed E-state index contributed by atoms with van der Waals surface area (Å²) in [7, 11) is 0. The molecule has 0 spiro atoms. The van der Waals surface area contributed by atoms with Gasteiger partial charge in [0.1, 0.15) is 11.5 Å². The molecule has 2 aliphatic rings. The Balaban J connectivity index is 0.000000165. The Morgan fingerprint density at radius 3 is 1.94 bits per heavy atom. The maximum Gasteiger partial charge on any atom is 0.239 e. The fourth-order valence-electron chi connectivity index (χ4n) is 6.54. The van der Waals surface area contributed by atoms with Crippen molar-refractivity contribution in [2.75, 3.05) is 0 Å². The number of pyridine rings is 2. The number of hydrogen-bond donors (Lipinski definition) is 0. The van der Waals surface area contributed by atoms with Crippen LogP contribution in [0.4, 0.5) is 0 Å². The minimum Gasteiger partial charge on any atom is -0.503 e. The standard InChI is InChI=1S/C25H17BNO2.C19H16N.Ir/c1-15-13-20(27-14-16(15)2)17-11-12-23-24-25(17)29-22-10-6-4-8-19(22)26(24)18-7-3-5-9-21(18)28-23;1-14-8-10-17(11-9-14)19-12-18(15(2)13-20-19)16-6-4-3-5-7-16;/h3-10,12-14H,1-2H3;3-10,12-13H,1-2H3;/q2*-1;. The first-order chi connectivity index (χ1) is 23.9. The van der Waals surface area contributed by atoms with Gasteiger partial charge in [0.05, 0.1) is 0 Å². The molecule has 2 aromatic heterocycles. The summed E-state index contributed by atoms with van der Waals surface area (Å²) in [5, 5.41) is 0. The second kappa shape index (κ2) is 13.9. The van der Waals surface area contributed by atoms with Crippen LogP contribution in [0.2, 0.25) is 0 Å². The molecule has 0 N–H and O–H groups in total. The van der Waals surface area contributed by atoms with E-state index in [2.05, 4.69) is 123 Å². The van der Waals surface area contributed by atoms with Crippen LogP contribution in [0, 0.1) is 39.8 Å². The Hall–Kier alpha value is -5.29. The average molecular weight is 825 g/mol. The van der Waals surface area contributed by atoms with Gasteiger partial charge in [-0.25, -0.2) is 0 Å². The Morgan fingerprint density at radius 2 is 1.24 bits per heavy atom. The molecule has 0 saturated heterocycles. The van der Waals surface area contributed by atoms with Gasteiger partial charge in [0.2, 0.25) is 6.71 Å². The van der Waals surface area contributed by atoms with E-state index in [4.69, 9.17) is 9.47 Å². The molecule has 5 aromatic carbocycles. The molecule has 0 saturated carbocycles. The van der Waals surface area contributed by atoms with Crippen molar-refractivity contribution >= 4 is 23.1 Å². The van der Waals surface area contributed by atoms with E-state index in [9.17, 15) is 0 Å². The van der Waals surface area contributed by atoms with Crippen molar-refractivity contribution in [2.24, 2.45) is 0 Å². The number of ether oxygens (including phenoxy) is 2. The van der Waals surface area contributed by atoms with E-state index in [0.29, 0.717) is 0 Å². The first-order valence-electron chi connectivity index (χ1n) is 16.5. The maximum atomic E-state index is 6.44. The molecule has 6 heteroatoms. The average Bonchev–Trinajstić information content (AvgIpc) is 3.14. The minimum atomic E-state index is 0. The number of para-hydroxylation sites is 2. The molecule has 245 valence electrons. The van der Waals surface area contributed by atoms with E-state index in [0.717, 1.165) is 61.9 Å². The molecule has 0 amide bonds. The molecule has 4 nitrogen and oxygen atoms in total. The first-order valence-corrected chi connectivity index (χ1v) is 16.5. The summed E-state index contributed by atoms with van der Waals surface area (Å²) in [6.07, 6.45) is 3.84. The topological polar surface area (TPSA) is 44.2 Å². The van der Waals surface area contributed by atoms with E-state index in [1.54, 1.807) is 0 Å². The van der Waals surface area contributed by atoms with Gasteiger partial charge in [0.25, 0.3) is 0 Å². The summed E-state index contributed by atoms with van der Waals surface area (Å²) in [4.78, 5) is 9.20. The molecule has 9 rings (SSSR count). The summed E-state index contributed by atoms with van der Waals surface area (Å²) in [6, 6.07) is 45.9. The van der Waals surface area contributed by atoms with Gasteiger partial charge in [-0.2, -0.15) is 0 Å². The molecule has 2 aliphatic heterocycles. The number of rotatable bonds is 3. The van der Waals surface area contributed by atoms with Crippen molar-refractivity contribution in [1.82, 2.24) is 9.97 Å². The Bertz CT molecular complexity index is 2330. The number of benzene rings is 5. The third kappa shape index (κ3) is 6.17. The monoisotopic (exact) mass is 825 g/mol. The number of nitrogens with zero attached hydrogens (tertiary/aromatic N) is 2. The third-order valence-corrected chi connectivity index (χ3v) is 9.33. The van der Waals surface area contributed by atoms with Crippen LogP contribution in [0.25, 0.3) is 33.6 Å². The second-order valence-corrected chi connectivity index (χ2v) is 12.7. The van der Waals surface area contributed by atoms with Crippen molar-refractivity contribution in [3.63, 3.8) is 0 Å². The second-order valence-electron chi connectivity index (χ2n) is 12.7. The van der Waals surface area contributed by atoms with Gasteiger partial charge in [-0.05, 0) is 77.5 Å². The van der Waals surface area contributed by atoms with Crippen molar-refractivity contribution < 1.29 is 29.6 Å². The first kappa shape index (κ1) is 33.2. The minimum absolute atomic E-state index is 0. The number of aromatic nitrogens is 2. The molecule has 0 bridgehead atoms. The fourth-order valence-corrected chi connectivity index (χ4v) is 6.54. The van der Waals surface area contributed by atoms with Crippen molar-refractivity contribution in [3.8, 4) is 56.6 Å². The number of aryl methyl sites for hydroxylation is 4. The van der Waals surface area contributed by atoms with E-state index in [1.165, 1.54) is 33.4 Å². The Labute approximate surface area is 307 Å². The SMILES string of the molecule is Cc1c[c-]c(-c2cc(-c3ccccc3)c(C)cn2)cc1.Cc1cnc(-c2[c-]cc3c4c2Oc2ccccc2B4c2ccccc2O3)cc1C.[Ir]. The van der Waals surface area contributed by atoms with Crippen LogP contribution >= 0.6 is 0 Å². The smallest absolute Gasteiger partial charge is 0.239 e. The van der Waals surface area contributed by atoms with Gasteiger partial charge < -0.3 is 19.4 Å². The van der Waals surface area contributed by atoms with Gasteiger partial charge in [0, 0.05) is 44.0 Å². The fraction of sp³-hybridized carbons (Fsp3) is 0.0909. The van der Waals surface area contributed by atoms with Gasteiger partial charge in [0.15, 0.2) is 0 Å². The van der Waals surface area contributed by atoms with Crippen LogP contribution in [0.3, 0.4) is 0 Å². The summed E-state index contributed by atoms with van der Waals surface area (Å²) >= 11 is 0. The number of fused-ring (bicyclic) bond motifs is 4. The van der Waals surface area contributed by atoms with Gasteiger partial charge in [-0.1, -0.05) is 102 Å². The Kier molecular flexibility index (Phi) is 9.24. The molecule has 0 aliphatic carbocycles.